The molecule has 2 aromatic carbocycles. The van der Waals surface area contributed by atoms with Gasteiger partial charge in [0.1, 0.15) is 0 Å². The van der Waals surface area contributed by atoms with Gasteiger partial charge in [-0.05, 0) is 30.0 Å². The third kappa shape index (κ3) is 4.85. The molecule has 2 rings (SSSR count). The molecule has 23 heavy (non-hydrogen) atoms. The van der Waals surface area contributed by atoms with E-state index in [0.717, 1.165) is 12.0 Å². The first-order valence-corrected chi connectivity index (χ1v) is 8.22. The van der Waals surface area contributed by atoms with Crippen LogP contribution in [-0.2, 0) is 17.8 Å². The molecule has 2 aromatic rings. The molecule has 3 nitrogen and oxygen atoms in total. The van der Waals surface area contributed by atoms with Crippen molar-refractivity contribution in [2.75, 3.05) is 18.9 Å². The Morgan fingerprint density at radius 3 is 2.52 bits per heavy atom. The molecule has 0 saturated heterocycles. The summed E-state index contributed by atoms with van der Waals surface area (Å²) in [5, 5.41) is 3.43. The molecule has 0 spiro atoms. The molecule has 0 aliphatic carbocycles. The van der Waals surface area contributed by atoms with Gasteiger partial charge < -0.3 is 10.2 Å². The van der Waals surface area contributed by atoms with Crippen LogP contribution < -0.4 is 5.32 Å². The number of carbonyl (C=O) groups is 1. The number of benzene rings is 2. The Morgan fingerprint density at radius 1 is 1.09 bits per heavy atom. The number of rotatable bonds is 7. The molecule has 3 heteroatoms. The maximum atomic E-state index is 12.3. The van der Waals surface area contributed by atoms with Gasteiger partial charge in [0.15, 0.2) is 0 Å². The van der Waals surface area contributed by atoms with Crippen LogP contribution >= 0.6 is 0 Å². The molecular formula is C20H26N2O. The second kappa shape index (κ2) is 8.37. The summed E-state index contributed by atoms with van der Waals surface area (Å²) in [4.78, 5) is 14.1. The van der Waals surface area contributed by atoms with Gasteiger partial charge in [-0.2, -0.15) is 0 Å². The van der Waals surface area contributed by atoms with Crippen LogP contribution in [0.5, 0.6) is 0 Å². The Bertz CT molecular complexity index is 637. The highest BCUT2D eigenvalue weighted by molar-refractivity contribution is 5.76. The maximum Gasteiger partial charge on any atom is 0.224 e. The number of nitrogens with one attached hydrogen (secondary N) is 1. The molecule has 1 amide bonds. The van der Waals surface area contributed by atoms with Gasteiger partial charge in [-0.1, -0.05) is 55.5 Å². The smallest absolute Gasteiger partial charge is 0.224 e. The molecule has 0 saturated carbocycles. The Labute approximate surface area is 139 Å². The Morgan fingerprint density at radius 2 is 1.83 bits per heavy atom. The van der Waals surface area contributed by atoms with Crippen LogP contribution in [0.1, 0.15) is 30.0 Å². The lowest BCUT2D eigenvalue weighted by Crippen LogP contribution is -2.27. The Hall–Kier alpha value is -2.29. The number of amides is 1. The summed E-state index contributed by atoms with van der Waals surface area (Å²) >= 11 is 0. The van der Waals surface area contributed by atoms with E-state index in [2.05, 4.69) is 37.4 Å². The largest absolute Gasteiger partial charge is 0.384 e. The summed E-state index contributed by atoms with van der Waals surface area (Å²) in [5.74, 6) is 0.160. The number of nitrogens with zero attached hydrogens (tertiary/aromatic N) is 1. The first kappa shape index (κ1) is 17.1. The van der Waals surface area contributed by atoms with Gasteiger partial charge in [-0.25, -0.2) is 0 Å². The summed E-state index contributed by atoms with van der Waals surface area (Å²) in [5.41, 5.74) is 4.86. The van der Waals surface area contributed by atoms with E-state index < -0.39 is 0 Å². The van der Waals surface area contributed by atoms with Crippen molar-refractivity contribution in [2.24, 2.45) is 0 Å². The third-order valence-corrected chi connectivity index (χ3v) is 4.07. The zero-order valence-corrected chi connectivity index (χ0v) is 14.3. The first-order chi connectivity index (χ1) is 11.1. The molecule has 0 bridgehead atoms. The zero-order valence-electron chi connectivity index (χ0n) is 14.3. The average molecular weight is 310 g/mol. The number of aryl methyl sites for hydroxylation is 2. The van der Waals surface area contributed by atoms with Crippen LogP contribution in [-0.4, -0.2) is 24.4 Å². The molecular weight excluding hydrogens is 284 g/mol. The van der Waals surface area contributed by atoms with Gasteiger partial charge in [-0.3, -0.25) is 4.79 Å². The van der Waals surface area contributed by atoms with Crippen molar-refractivity contribution in [3.8, 4) is 0 Å². The number of carbonyl (C=O) groups excluding carboxylic acids is 1. The second-order valence-corrected chi connectivity index (χ2v) is 5.87. The summed E-state index contributed by atoms with van der Waals surface area (Å²) in [7, 11) is 1.86. The van der Waals surface area contributed by atoms with Crippen LogP contribution in [0.3, 0.4) is 0 Å². The van der Waals surface area contributed by atoms with Crippen LogP contribution in [0.4, 0.5) is 5.69 Å². The average Bonchev–Trinajstić information content (AvgIpc) is 2.57. The maximum absolute atomic E-state index is 12.3. The summed E-state index contributed by atoms with van der Waals surface area (Å²) in [6.45, 7) is 5.57. The highest BCUT2D eigenvalue weighted by Gasteiger charge is 2.10. The van der Waals surface area contributed by atoms with Crippen molar-refractivity contribution in [3.63, 3.8) is 0 Å². The Balaban J connectivity index is 1.85. The van der Waals surface area contributed by atoms with Crippen molar-refractivity contribution in [3.05, 3.63) is 65.2 Å². The fourth-order valence-electron chi connectivity index (χ4n) is 2.71. The lowest BCUT2D eigenvalue weighted by molar-refractivity contribution is -0.130. The quantitative estimate of drug-likeness (QED) is 0.838. The number of hydrogen-bond donors (Lipinski definition) is 1. The van der Waals surface area contributed by atoms with E-state index in [1.54, 1.807) is 4.90 Å². The molecule has 0 atom stereocenters. The highest BCUT2D eigenvalue weighted by Crippen LogP contribution is 2.20. The monoisotopic (exact) mass is 310 g/mol. The van der Waals surface area contributed by atoms with Gasteiger partial charge in [-0.15, -0.1) is 0 Å². The lowest BCUT2D eigenvalue weighted by Gasteiger charge is -2.18. The SMILES string of the molecule is CCc1cccc(C)c1NCCC(=O)N(C)Cc1ccccc1. The van der Waals surface area contributed by atoms with Gasteiger partial charge in [0.2, 0.25) is 5.91 Å². The fraction of sp³-hybridized carbons (Fsp3) is 0.350. The van der Waals surface area contributed by atoms with E-state index in [4.69, 9.17) is 0 Å². The number of anilines is 1. The zero-order chi connectivity index (χ0) is 16.7. The summed E-state index contributed by atoms with van der Waals surface area (Å²) < 4.78 is 0. The number of para-hydroxylation sites is 1. The minimum absolute atomic E-state index is 0.160. The molecule has 0 unspecified atom stereocenters. The predicted molar refractivity (Wildman–Crippen MR) is 96.6 cm³/mol. The predicted octanol–water partition coefficient (Wildman–Crippen LogP) is 4.02. The second-order valence-electron chi connectivity index (χ2n) is 5.87. The number of hydrogen-bond acceptors (Lipinski definition) is 2. The van der Waals surface area contributed by atoms with Crippen molar-refractivity contribution < 1.29 is 4.79 Å². The molecule has 0 aliphatic rings. The normalized spacial score (nSPS) is 10.4. The van der Waals surface area contributed by atoms with Crippen LogP contribution in [0.2, 0.25) is 0 Å². The topological polar surface area (TPSA) is 32.3 Å². The van der Waals surface area contributed by atoms with E-state index in [9.17, 15) is 4.79 Å². The van der Waals surface area contributed by atoms with Crippen LogP contribution in [0.15, 0.2) is 48.5 Å². The van der Waals surface area contributed by atoms with E-state index in [1.807, 2.05) is 37.4 Å². The molecule has 0 fully saturated rings. The highest BCUT2D eigenvalue weighted by atomic mass is 16.2. The van der Waals surface area contributed by atoms with Crippen molar-refractivity contribution >= 4 is 11.6 Å². The fourth-order valence-corrected chi connectivity index (χ4v) is 2.71. The summed E-state index contributed by atoms with van der Waals surface area (Å²) in [6.07, 6.45) is 1.49. The standard InChI is InChI=1S/C20H26N2O/c1-4-18-12-8-9-16(2)20(18)21-14-13-19(23)22(3)15-17-10-6-5-7-11-17/h5-12,21H,4,13-15H2,1-3H3. The molecule has 1 N–H and O–H groups in total. The van der Waals surface area contributed by atoms with E-state index in [-0.39, 0.29) is 5.91 Å². The molecule has 0 aliphatic heterocycles. The minimum Gasteiger partial charge on any atom is -0.384 e. The van der Waals surface area contributed by atoms with Crippen LogP contribution in [0, 0.1) is 6.92 Å². The Kier molecular flexibility index (Phi) is 6.21. The first-order valence-electron chi connectivity index (χ1n) is 8.22. The molecule has 0 heterocycles. The van der Waals surface area contributed by atoms with Gasteiger partial charge in [0.05, 0.1) is 0 Å². The van der Waals surface area contributed by atoms with Crippen LogP contribution in [0.25, 0.3) is 0 Å². The van der Waals surface area contributed by atoms with Gasteiger partial charge >= 0.3 is 0 Å². The third-order valence-electron chi connectivity index (χ3n) is 4.07. The van der Waals surface area contributed by atoms with E-state index >= 15 is 0 Å². The summed E-state index contributed by atoms with van der Waals surface area (Å²) in [6, 6.07) is 16.4. The molecule has 0 radical (unpaired) electrons. The van der Waals surface area contributed by atoms with Gasteiger partial charge in [0, 0.05) is 32.2 Å². The minimum atomic E-state index is 0.160. The van der Waals surface area contributed by atoms with Crippen molar-refractivity contribution in [1.29, 1.82) is 0 Å². The molecule has 122 valence electrons. The van der Waals surface area contributed by atoms with E-state index in [0.29, 0.717) is 19.5 Å². The van der Waals surface area contributed by atoms with Crippen molar-refractivity contribution in [1.82, 2.24) is 4.90 Å². The van der Waals surface area contributed by atoms with Gasteiger partial charge in [0.25, 0.3) is 0 Å². The van der Waals surface area contributed by atoms with Crippen molar-refractivity contribution in [2.45, 2.75) is 33.2 Å². The lowest BCUT2D eigenvalue weighted by atomic mass is 10.1. The molecule has 0 aromatic heterocycles. The van der Waals surface area contributed by atoms with E-state index in [1.165, 1.54) is 16.8 Å².